The fraction of sp³-hybridized carbons (Fsp3) is 0.286. The molecule has 0 atom stereocenters. The normalized spacial score (nSPS) is 10.2. The summed E-state index contributed by atoms with van der Waals surface area (Å²) in [6, 6.07) is 3.88. The molecule has 4 N–H and O–H groups in total. The lowest BCUT2D eigenvalue weighted by atomic mass is 10.0. The van der Waals surface area contributed by atoms with Gasteiger partial charge in [0, 0.05) is 5.56 Å². The zero-order valence-electron chi connectivity index (χ0n) is 12.5. The molecule has 6 nitrogen and oxygen atoms in total. The Morgan fingerprint density at radius 3 is 2.36 bits per heavy atom. The maximum absolute atomic E-state index is 5.87. The number of benzene rings is 1. The Balaban J connectivity index is 0.00000242. The Morgan fingerprint density at radius 1 is 1.14 bits per heavy atom. The summed E-state index contributed by atoms with van der Waals surface area (Å²) >= 11 is 2.20. The van der Waals surface area contributed by atoms with Crippen LogP contribution in [0.25, 0.3) is 0 Å². The van der Waals surface area contributed by atoms with Crippen LogP contribution in [-0.4, -0.2) is 17.1 Å². The average Bonchev–Trinajstić information content (AvgIpc) is 2.41. The van der Waals surface area contributed by atoms with Crippen molar-refractivity contribution >= 4 is 46.8 Å². The van der Waals surface area contributed by atoms with Crippen molar-refractivity contribution in [3.63, 3.8) is 0 Å². The van der Waals surface area contributed by atoms with Crippen molar-refractivity contribution in [2.75, 3.05) is 18.6 Å². The van der Waals surface area contributed by atoms with Crippen LogP contribution in [0.4, 0.5) is 11.8 Å². The fourth-order valence-electron chi connectivity index (χ4n) is 1.84. The van der Waals surface area contributed by atoms with Crippen LogP contribution < -0.4 is 20.9 Å². The largest absolute Gasteiger partial charge is 0.496 e. The predicted molar refractivity (Wildman–Crippen MR) is 98.0 cm³/mol. The molecule has 0 aliphatic carbocycles. The van der Waals surface area contributed by atoms with E-state index in [1.807, 2.05) is 12.1 Å². The molecular weight excluding hydrogens is 419 g/mol. The van der Waals surface area contributed by atoms with Crippen molar-refractivity contribution in [2.45, 2.75) is 19.8 Å². The lowest BCUT2D eigenvalue weighted by Crippen LogP contribution is -2.03. The van der Waals surface area contributed by atoms with Crippen LogP contribution in [0.5, 0.6) is 17.2 Å². The molecule has 2 aromatic rings. The van der Waals surface area contributed by atoms with Gasteiger partial charge < -0.3 is 20.9 Å². The van der Waals surface area contributed by atoms with Gasteiger partial charge in [0.05, 0.1) is 16.9 Å². The van der Waals surface area contributed by atoms with Crippen molar-refractivity contribution in [3.8, 4) is 17.2 Å². The van der Waals surface area contributed by atoms with Crippen molar-refractivity contribution in [3.05, 3.63) is 27.5 Å². The minimum atomic E-state index is 0. The molecular formula is C14H18ClIN4O2. The molecule has 0 aliphatic heterocycles. The third-order valence-corrected chi connectivity index (χ3v) is 3.77. The minimum absolute atomic E-state index is 0. The van der Waals surface area contributed by atoms with E-state index in [0.717, 1.165) is 14.9 Å². The molecule has 1 heterocycles. The van der Waals surface area contributed by atoms with E-state index in [4.69, 9.17) is 20.9 Å². The smallest absolute Gasteiger partial charge is 0.222 e. The van der Waals surface area contributed by atoms with E-state index in [9.17, 15) is 0 Å². The van der Waals surface area contributed by atoms with E-state index in [2.05, 4.69) is 46.4 Å². The van der Waals surface area contributed by atoms with E-state index in [-0.39, 0.29) is 30.1 Å². The second kappa shape index (κ2) is 7.68. The first kappa shape index (κ1) is 18.6. The number of rotatable bonds is 4. The summed E-state index contributed by atoms with van der Waals surface area (Å²) in [6.45, 7) is 4.16. The zero-order chi connectivity index (χ0) is 15.6. The third kappa shape index (κ3) is 4.04. The van der Waals surface area contributed by atoms with Crippen LogP contribution in [0.1, 0.15) is 25.3 Å². The van der Waals surface area contributed by atoms with Crippen LogP contribution in [0.2, 0.25) is 0 Å². The molecule has 0 spiro atoms. The molecule has 8 heteroatoms. The number of hydrogen-bond acceptors (Lipinski definition) is 6. The number of hydrogen-bond donors (Lipinski definition) is 2. The maximum atomic E-state index is 5.87. The van der Waals surface area contributed by atoms with Gasteiger partial charge in [-0.3, -0.25) is 0 Å². The molecule has 0 amide bonds. The van der Waals surface area contributed by atoms with Crippen LogP contribution in [0.3, 0.4) is 0 Å². The van der Waals surface area contributed by atoms with Crippen molar-refractivity contribution in [2.24, 2.45) is 0 Å². The third-order valence-electron chi connectivity index (χ3n) is 2.93. The number of nitrogen functional groups attached to an aromatic ring is 2. The van der Waals surface area contributed by atoms with Gasteiger partial charge in [0.15, 0.2) is 11.6 Å². The lowest BCUT2D eigenvalue weighted by molar-refractivity contribution is 0.407. The van der Waals surface area contributed by atoms with E-state index in [1.165, 1.54) is 6.20 Å². The highest BCUT2D eigenvalue weighted by Crippen LogP contribution is 2.37. The summed E-state index contributed by atoms with van der Waals surface area (Å²) in [5.74, 6) is 2.49. The second-order valence-electron chi connectivity index (χ2n) is 4.76. The molecule has 1 aromatic heterocycles. The van der Waals surface area contributed by atoms with Gasteiger partial charge in [0.2, 0.25) is 5.95 Å². The molecule has 0 unspecified atom stereocenters. The first-order valence-electron chi connectivity index (χ1n) is 6.35. The quantitative estimate of drug-likeness (QED) is 0.711. The Labute approximate surface area is 149 Å². The summed E-state index contributed by atoms with van der Waals surface area (Å²) in [6.07, 6.45) is 1.47. The Morgan fingerprint density at radius 2 is 1.82 bits per heavy atom. The van der Waals surface area contributed by atoms with Crippen LogP contribution in [-0.2, 0) is 0 Å². The van der Waals surface area contributed by atoms with Gasteiger partial charge in [-0.15, -0.1) is 12.4 Å². The number of anilines is 2. The first-order valence-corrected chi connectivity index (χ1v) is 7.43. The van der Waals surface area contributed by atoms with E-state index >= 15 is 0 Å². The van der Waals surface area contributed by atoms with Gasteiger partial charge in [-0.25, -0.2) is 4.98 Å². The topological polar surface area (TPSA) is 96.3 Å². The van der Waals surface area contributed by atoms with Gasteiger partial charge >= 0.3 is 0 Å². The molecule has 0 aliphatic rings. The van der Waals surface area contributed by atoms with Crippen molar-refractivity contribution in [1.29, 1.82) is 0 Å². The highest BCUT2D eigenvalue weighted by molar-refractivity contribution is 14.1. The van der Waals surface area contributed by atoms with Crippen molar-refractivity contribution < 1.29 is 9.47 Å². The van der Waals surface area contributed by atoms with E-state index in [0.29, 0.717) is 11.5 Å². The maximum Gasteiger partial charge on any atom is 0.222 e. The van der Waals surface area contributed by atoms with Gasteiger partial charge in [0.1, 0.15) is 11.5 Å². The molecule has 0 radical (unpaired) electrons. The van der Waals surface area contributed by atoms with Gasteiger partial charge in [-0.05, 0) is 40.6 Å². The van der Waals surface area contributed by atoms with Crippen LogP contribution in [0, 0.1) is 3.57 Å². The predicted octanol–water partition coefficient (Wildman–Crippen LogP) is 3.59. The van der Waals surface area contributed by atoms with Gasteiger partial charge in [-0.1, -0.05) is 13.8 Å². The highest BCUT2D eigenvalue weighted by Gasteiger charge is 2.15. The number of nitrogens with zero attached hydrogens (tertiary/aromatic N) is 2. The second-order valence-corrected chi connectivity index (χ2v) is 5.92. The van der Waals surface area contributed by atoms with Gasteiger partial charge in [0.25, 0.3) is 0 Å². The van der Waals surface area contributed by atoms with Crippen LogP contribution >= 0.6 is 35.0 Å². The molecule has 0 fully saturated rings. The number of halogens is 2. The molecule has 0 saturated heterocycles. The SMILES string of the molecule is COc1cc(C(C)C)c(Oc2cnc(N)nc2N)cc1I.Cl. The molecule has 0 saturated carbocycles. The molecule has 1 aromatic carbocycles. The summed E-state index contributed by atoms with van der Waals surface area (Å²) in [5.41, 5.74) is 12.3. The summed E-state index contributed by atoms with van der Waals surface area (Å²) in [7, 11) is 1.65. The standard InChI is InChI=1S/C14H17IN4O2.ClH/c1-7(2)8-4-11(20-3)9(15)5-10(8)21-12-6-18-14(17)19-13(12)16;/h4-7H,1-3H3,(H4,16,17,18,19);1H. The fourth-order valence-corrected chi connectivity index (χ4v) is 2.50. The minimum Gasteiger partial charge on any atom is -0.496 e. The number of aromatic nitrogens is 2. The van der Waals surface area contributed by atoms with E-state index in [1.54, 1.807) is 7.11 Å². The number of ether oxygens (including phenoxy) is 2. The van der Waals surface area contributed by atoms with Crippen molar-refractivity contribution in [1.82, 2.24) is 9.97 Å². The summed E-state index contributed by atoms with van der Waals surface area (Å²) in [4.78, 5) is 7.80. The summed E-state index contributed by atoms with van der Waals surface area (Å²) in [5, 5.41) is 0. The number of methoxy groups -OCH3 is 1. The van der Waals surface area contributed by atoms with Gasteiger partial charge in [-0.2, -0.15) is 4.98 Å². The molecule has 0 bridgehead atoms. The Bertz CT molecular complexity index is 668. The highest BCUT2D eigenvalue weighted by atomic mass is 127. The number of nitrogens with two attached hydrogens (primary N) is 2. The Hall–Kier alpha value is -1.48. The zero-order valence-corrected chi connectivity index (χ0v) is 15.4. The average molecular weight is 437 g/mol. The molecule has 120 valence electrons. The van der Waals surface area contributed by atoms with E-state index < -0.39 is 0 Å². The summed E-state index contributed by atoms with van der Waals surface area (Å²) < 4.78 is 12.2. The van der Waals surface area contributed by atoms with Crippen LogP contribution in [0.15, 0.2) is 18.3 Å². The molecule has 2 rings (SSSR count). The molecule has 22 heavy (non-hydrogen) atoms. The first-order chi connectivity index (χ1) is 9.92. The lowest BCUT2D eigenvalue weighted by Gasteiger charge is -2.16. The monoisotopic (exact) mass is 436 g/mol. The Kier molecular flexibility index (Phi) is 6.48.